The van der Waals surface area contributed by atoms with Gasteiger partial charge in [0.15, 0.2) is 0 Å². The predicted molar refractivity (Wildman–Crippen MR) is 51.1 cm³/mol. The smallest absolute Gasteiger partial charge is 0.142 e. The maximum absolute atomic E-state index is 4.21. The van der Waals surface area contributed by atoms with Crippen LogP contribution in [0.1, 0.15) is 19.2 Å². The van der Waals surface area contributed by atoms with E-state index in [9.17, 15) is 0 Å². The van der Waals surface area contributed by atoms with E-state index in [0.29, 0.717) is 0 Å². The van der Waals surface area contributed by atoms with Gasteiger partial charge in [0, 0.05) is 18.9 Å². The number of hydrogen-bond acceptors (Lipinski definition) is 3. The predicted octanol–water partition coefficient (Wildman–Crippen LogP) is 1.32. The van der Waals surface area contributed by atoms with Gasteiger partial charge in [-0.1, -0.05) is 6.92 Å². The molecule has 0 radical (unpaired) electrons. The van der Waals surface area contributed by atoms with Crippen molar-refractivity contribution in [3.63, 3.8) is 0 Å². The Morgan fingerprint density at radius 2 is 2.23 bits per heavy atom. The fourth-order valence-corrected chi connectivity index (χ4v) is 1.78. The molecular weight excluding hydrogens is 162 g/mol. The number of aromatic nitrogens is 2. The fourth-order valence-electron chi connectivity index (χ4n) is 1.78. The molecule has 0 aromatic carbocycles. The fraction of sp³-hybridized carbons (Fsp3) is 0.600. The summed E-state index contributed by atoms with van der Waals surface area (Å²) in [7, 11) is 0. The van der Waals surface area contributed by atoms with Gasteiger partial charge in [0.25, 0.3) is 0 Å². The molecule has 0 spiro atoms. The summed E-state index contributed by atoms with van der Waals surface area (Å²) in [4.78, 5) is 10.8. The maximum atomic E-state index is 4.21. The van der Waals surface area contributed by atoms with Gasteiger partial charge < -0.3 is 0 Å². The summed E-state index contributed by atoms with van der Waals surface area (Å²) >= 11 is 0. The van der Waals surface area contributed by atoms with E-state index in [1.807, 2.05) is 18.5 Å². The molecule has 3 heteroatoms. The quantitative estimate of drug-likeness (QED) is 0.682. The Balaban J connectivity index is 1.92. The zero-order chi connectivity index (χ0) is 9.10. The van der Waals surface area contributed by atoms with Crippen LogP contribution < -0.4 is 0 Å². The molecule has 0 saturated carbocycles. The second-order valence-electron chi connectivity index (χ2n) is 3.79. The Bertz CT molecular complexity index is 260. The number of rotatable bonds is 2. The Hall–Kier alpha value is -0.960. The monoisotopic (exact) mass is 177 g/mol. The van der Waals surface area contributed by atoms with Gasteiger partial charge in [-0.2, -0.15) is 0 Å². The van der Waals surface area contributed by atoms with E-state index in [1.165, 1.54) is 19.5 Å². The minimum atomic E-state index is 0.837. The van der Waals surface area contributed by atoms with Crippen LogP contribution in [0.4, 0.5) is 0 Å². The van der Waals surface area contributed by atoms with Crippen LogP contribution in [0, 0.1) is 5.92 Å². The van der Waals surface area contributed by atoms with E-state index in [-0.39, 0.29) is 0 Å². The van der Waals surface area contributed by atoms with Crippen LogP contribution in [0.3, 0.4) is 0 Å². The number of hydrogen-bond donors (Lipinski definition) is 0. The van der Waals surface area contributed by atoms with Crippen molar-refractivity contribution in [2.24, 2.45) is 5.92 Å². The summed E-state index contributed by atoms with van der Waals surface area (Å²) in [6.45, 7) is 5.59. The van der Waals surface area contributed by atoms with Gasteiger partial charge in [-0.25, -0.2) is 9.97 Å². The molecule has 1 saturated heterocycles. The molecular formula is C10H15N3. The average Bonchev–Trinajstić information content (AvgIpc) is 2.53. The lowest BCUT2D eigenvalue weighted by molar-refractivity contribution is 0.312. The highest BCUT2D eigenvalue weighted by Crippen LogP contribution is 2.15. The highest BCUT2D eigenvalue weighted by molar-refractivity contribution is 4.89. The van der Waals surface area contributed by atoms with Crippen LogP contribution >= 0.6 is 0 Å². The van der Waals surface area contributed by atoms with Crippen LogP contribution in [-0.4, -0.2) is 28.0 Å². The Kier molecular flexibility index (Phi) is 2.54. The van der Waals surface area contributed by atoms with Crippen LogP contribution in [0.2, 0.25) is 0 Å². The lowest BCUT2D eigenvalue weighted by Crippen LogP contribution is -2.20. The molecule has 1 aliphatic heterocycles. The molecule has 0 amide bonds. The van der Waals surface area contributed by atoms with E-state index in [2.05, 4.69) is 21.8 Å². The highest BCUT2D eigenvalue weighted by Gasteiger charge is 2.18. The topological polar surface area (TPSA) is 29.0 Å². The summed E-state index contributed by atoms with van der Waals surface area (Å²) in [5.41, 5.74) is 0. The van der Waals surface area contributed by atoms with Gasteiger partial charge >= 0.3 is 0 Å². The van der Waals surface area contributed by atoms with E-state index in [1.54, 1.807) is 0 Å². The zero-order valence-electron chi connectivity index (χ0n) is 7.98. The van der Waals surface area contributed by atoms with Crippen molar-refractivity contribution in [3.05, 3.63) is 24.3 Å². The second-order valence-corrected chi connectivity index (χ2v) is 3.79. The summed E-state index contributed by atoms with van der Waals surface area (Å²) in [5, 5.41) is 0. The maximum Gasteiger partial charge on any atom is 0.142 e. The molecule has 70 valence electrons. The molecule has 1 aromatic heterocycles. The Labute approximate surface area is 78.8 Å². The first-order chi connectivity index (χ1) is 6.34. The first-order valence-electron chi connectivity index (χ1n) is 4.83. The number of nitrogens with zero attached hydrogens (tertiary/aromatic N) is 3. The SMILES string of the molecule is CC1CCN(Cc2ncccn2)C1. The molecule has 1 aliphatic rings. The summed E-state index contributed by atoms with van der Waals surface area (Å²) in [6.07, 6.45) is 4.93. The standard InChI is InChI=1S/C10H15N3/c1-9-3-6-13(7-9)8-10-11-4-2-5-12-10/h2,4-5,9H,3,6-8H2,1H3. The van der Waals surface area contributed by atoms with Crippen molar-refractivity contribution in [2.75, 3.05) is 13.1 Å². The van der Waals surface area contributed by atoms with Crippen LogP contribution in [0.5, 0.6) is 0 Å². The molecule has 0 aliphatic carbocycles. The van der Waals surface area contributed by atoms with Crippen molar-refractivity contribution in [1.29, 1.82) is 0 Å². The molecule has 0 bridgehead atoms. The van der Waals surface area contributed by atoms with E-state index in [4.69, 9.17) is 0 Å². The first kappa shape index (κ1) is 8.63. The average molecular weight is 177 g/mol. The van der Waals surface area contributed by atoms with Gasteiger partial charge in [-0.3, -0.25) is 4.90 Å². The molecule has 1 fully saturated rings. The summed E-state index contributed by atoms with van der Waals surface area (Å²) in [6, 6.07) is 1.86. The van der Waals surface area contributed by atoms with Gasteiger partial charge in [0.05, 0.1) is 6.54 Å². The van der Waals surface area contributed by atoms with E-state index >= 15 is 0 Å². The third-order valence-corrected chi connectivity index (χ3v) is 2.49. The third kappa shape index (κ3) is 2.25. The molecule has 0 N–H and O–H groups in total. The van der Waals surface area contributed by atoms with Crippen LogP contribution in [-0.2, 0) is 6.54 Å². The van der Waals surface area contributed by atoms with E-state index < -0.39 is 0 Å². The Morgan fingerprint density at radius 1 is 1.46 bits per heavy atom. The molecule has 2 heterocycles. The highest BCUT2D eigenvalue weighted by atomic mass is 15.2. The van der Waals surface area contributed by atoms with Gasteiger partial charge in [-0.05, 0) is 24.9 Å². The van der Waals surface area contributed by atoms with E-state index in [0.717, 1.165) is 18.3 Å². The van der Waals surface area contributed by atoms with Gasteiger partial charge in [-0.15, -0.1) is 0 Å². The van der Waals surface area contributed by atoms with Crippen LogP contribution in [0.25, 0.3) is 0 Å². The van der Waals surface area contributed by atoms with Gasteiger partial charge in [0.2, 0.25) is 0 Å². The Morgan fingerprint density at radius 3 is 2.85 bits per heavy atom. The minimum Gasteiger partial charge on any atom is -0.296 e. The lowest BCUT2D eigenvalue weighted by atomic mass is 10.2. The first-order valence-corrected chi connectivity index (χ1v) is 4.83. The van der Waals surface area contributed by atoms with Crippen molar-refractivity contribution < 1.29 is 0 Å². The van der Waals surface area contributed by atoms with Crippen LogP contribution in [0.15, 0.2) is 18.5 Å². The van der Waals surface area contributed by atoms with Crippen molar-refractivity contribution in [2.45, 2.75) is 19.9 Å². The summed E-state index contributed by atoms with van der Waals surface area (Å²) < 4.78 is 0. The second kappa shape index (κ2) is 3.83. The largest absolute Gasteiger partial charge is 0.296 e. The number of likely N-dealkylation sites (tertiary alicyclic amines) is 1. The zero-order valence-corrected chi connectivity index (χ0v) is 7.98. The van der Waals surface area contributed by atoms with Crippen molar-refractivity contribution in [1.82, 2.24) is 14.9 Å². The molecule has 1 unspecified atom stereocenters. The summed E-state index contributed by atoms with van der Waals surface area (Å²) in [5.74, 6) is 1.78. The molecule has 1 aromatic rings. The molecule has 2 rings (SSSR count). The van der Waals surface area contributed by atoms with Crippen molar-refractivity contribution in [3.8, 4) is 0 Å². The molecule has 1 atom stereocenters. The third-order valence-electron chi connectivity index (χ3n) is 2.49. The normalized spacial score (nSPS) is 23.6. The lowest BCUT2D eigenvalue weighted by Gasteiger charge is -2.13. The molecule has 13 heavy (non-hydrogen) atoms. The van der Waals surface area contributed by atoms with Gasteiger partial charge in [0.1, 0.15) is 5.82 Å². The van der Waals surface area contributed by atoms with Crippen molar-refractivity contribution >= 4 is 0 Å². The molecule has 3 nitrogen and oxygen atoms in total. The minimum absolute atomic E-state index is 0.837.